The van der Waals surface area contributed by atoms with Crippen molar-refractivity contribution >= 4 is 71.5 Å². The summed E-state index contributed by atoms with van der Waals surface area (Å²) in [5.74, 6) is 0.792. The number of H-pyrrole nitrogens is 2. The first-order valence-electron chi connectivity index (χ1n) is 11.4. The molecule has 1 aliphatic rings. The maximum atomic E-state index is 4.21. The predicted molar refractivity (Wildman–Crippen MR) is 159 cm³/mol. The minimum absolute atomic E-state index is 0.792. The summed E-state index contributed by atoms with van der Waals surface area (Å²) in [6.45, 7) is 8.22. The molecule has 0 fully saturated rings. The van der Waals surface area contributed by atoms with Gasteiger partial charge in [0.1, 0.15) is 19.1 Å². The van der Waals surface area contributed by atoms with E-state index in [1.807, 2.05) is 55.9 Å². The Balaban J connectivity index is 0.000000145. The molecule has 0 unspecified atom stereocenters. The van der Waals surface area contributed by atoms with Crippen molar-refractivity contribution in [1.82, 2.24) is 29.9 Å². The van der Waals surface area contributed by atoms with Gasteiger partial charge in [-0.25, -0.2) is 28.7 Å². The van der Waals surface area contributed by atoms with Gasteiger partial charge in [-0.3, -0.25) is 4.98 Å². The van der Waals surface area contributed by atoms with E-state index >= 15 is 0 Å². The van der Waals surface area contributed by atoms with Crippen LogP contribution in [-0.4, -0.2) is 47.7 Å². The zero-order valence-electron chi connectivity index (χ0n) is 21.6. The molecule has 0 bridgehead atoms. The third kappa shape index (κ3) is 6.22. The van der Waals surface area contributed by atoms with Crippen LogP contribution in [0, 0.1) is 27.7 Å². The third-order valence-corrected chi connectivity index (χ3v) is 6.21. The second-order valence-corrected chi connectivity index (χ2v) is 8.58. The topological polar surface area (TPSA) is 93.9 Å². The van der Waals surface area contributed by atoms with Crippen LogP contribution in [0.25, 0.3) is 22.3 Å². The highest BCUT2D eigenvalue weighted by molar-refractivity contribution is 15.0. The fourth-order valence-electron chi connectivity index (χ4n) is 3.95. The zero-order valence-corrected chi connectivity index (χ0v) is 25.9. The van der Waals surface area contributed by atoms with E-state index in [1.165, 1.54) is 22.4 Å². The first kappa shape index (κ1) is 28.0. The smallest absolute Gasteiger partial charge is 0.272 e. The molecule has 1 aromatic carbocycles. The normalized spacial score (nSPS) is 11.5. The van der Waals surface area contributed by atoms with Gasteiger partial charge < -0.3 is 0 Å². The van der Waals surface area contributed by atoms with Crippen molar-refractivity contribution < 1.29 is 13.7 Å². The zero-order chi connectivity index (χ0) is 26.4. The van der Waals surface area contributed by atoms with Crippen molar-refractivity contribution in [3.05, 3.63) is 65.5 Å². The van der Waals surface area contributed by atoms with Gasteiger partial charge in [-0.15, -0.1) is 0 Å². The van der Waals surface area contributed by atoms with Gasteiger partial charge in [-0.1, -0.05) is 11.1 Å². The summed E-state index contributed by atoms with van der Waals surface area (Å²) >= 11 is 4.24. The molecule has 0 atom stereocenters. The molecule has 9 nitrogen and oxygen atoms in total. The standard InChI is InChI=1S/C11H14N.2C7H8N4.I2/c1-8-4-5-11-10(9(8)2)6-7-12(11)3;1-5-6-7(9-3-8-5)11(2)4-10-6;1-5-8-3-6-7(10-5)9-4-11(6)2;1-2/h4-5,7H,6H2,1-3H3;2*3-4H,1-2H3;/q+1;;;/p+2. The molecule has 5 heterocycles. The summed E-state index contributed by atoms with van der Waals surface area (Å²) in [6, 6.07) is 4.41. The number of nitrogens with one attached hydrogen (secondary N) is 2. The van der Waals surface area contributed by atoms with Crippen molar-refractivity contribution in [2.75, 3.05) is 7.05 Å². The molecule has 1 aliphatic heterocycles. The van der Waals surface area contributed by atoms with E-state index in [-0.39, 0.29) is 0 Å². The van der Waals surface area contributed by atoms with Crippen molar-refractivity contribution in [2.24, 2.45) is 14.1 Å². The van der Waals surface area contributed by atoms with Crippen LogP contribution in [0.5, 0.6) is 0 Å². The Morgan fingerprint density at radius 3 is 2.33 bits per heavy atom. The molecular weight excluding hydrogens is 680 g/mol. The van der Waals surface area contributed by atoms with E-state index in [0.717, 1.165) is 40.3 Å². The van der Waals surface area contributed by atoms with Crippen molar-refractivity contribution in [3.63, 3.8) is 0 Å². The highest BCUT2D eigenvalue weighted by atomic mass is 128. The average Bonchev–Trinajstić information content (AvgIpc) is 3.56. The lowest BCUT2D eigenvalue weighted by Crippen LogP contribution is -2.25. The van der Waals surface area contributed by atoms with Gasteiger partial charge in [0, 0.05) is 48.9 Å². The second-order valence-electron chi connectivity index (χ2n) is 8.58. The Hall–Kier alpha value is -2.55. The molecule has 0 saturated carbocycles. The largest absolute Gasteiger partial charge is 0.304 e. The lowest BCUT2D eigenvalue weighted by Gasteiger charge is -2.03. The quantitative estimate of drug-likeness (QED) is 0.187. The van der Waals surface area contributed by atoms with Gasteiger partial charge >= 0.3 is 5.65 Å². The molecule has 188 valence electrons. The summed E-state index contributed by atoms with van der Waals surface area (Å²) in [7, 11) is 6.02. The van der Waals surface area contributed by atoms with Crippen molar-refractivity contribution in [1.29, 1.82) is 0 Å². The van der Waals surface area contributed by atoms with Crippen LogP contribution in [0.15, 0.2) is 37.3 Å². The van der Waals surface area contributed by atoms with Gasteiger partial charge in [-0.05, 0) is 38.8 Å². The van der Waals surface area contributed by atoms with Crippen LogP contribution in [0.2, 0.25) is 0 Å². The molecule has 2 N–H and O–H groups in total. The van der Waals surface area contributed by atoms with E-state index in [9.17, 15) is 0 Å². The number of nitrogens with zero attached hydrogens (tertiary/aromatic N) is 7. The molecular formula is C25H32I2N9+3. The molecule has 0 radical (unpaired) electrons. The summed E-state index contributed by atoms with van der Waals surface area (Å²) in [5, 5.41) is 0. The Labute approximate surface area is 234 Å². The van der Waals surface area contributed by atoms with Gasteiger partial charge in [0.05, 0.1) is 32.4 Å². The summed E-state index contributed by atoms with van der Waals surface area (Å²) < 4.78 is 6.10. The van der Waals surface area contributed by atoms with Gasteiger partial charge in [-0.2, -0.15) is 4.98 Å². The molecule has 11 heteroatoms. The Kier molecular flexibility index (Phi) is 9.82. The van der Waals surface area contributed by atoms with Crippen LogP contribution in [0.1, 0.15) is 28.2 Å². The van der Waals surface area contributed by atoms with E-state index in [4.69, 9.17) is 0 Å². The number of aromatic nitrogens is 8. The number of benzene rings is 1. The number of imidazole rings is 2. The highest BCUT2D eigenvalue weighted by Crippen LogP contribution is 2.27. The molecule has 0 amide bonds. The molecule has 5 aromatic rings. The first-order chi connectivity index (χ1) is 17.3. The molecule has 0 aliphatic carbocycles. The third-order valence-electron chi connectivity index (χ3n) is 6.21. The minimum Gasteiger partial charge on any atom is -0.272 e. The predicted octanol–water partition coefficient (Wildman–Crippen LogP) is 4.16. The number of aryl methyl sites for hydroxylation is 5. The fourth-order valence-corrected chi connectivity index (χ4v) is 3.95. The lowest BCUT2D eigenvalue weighted by molar-refractivity contribution is -0.646. The van der Waals surface area contributed by atoms with E-state index in [0.29, 0.717) is 0 Å². The van der Waals surface area contributed by atoms with Gasteiger partial charge in [0.15, 0.2) is 18.2 Å². The number of halogens is 2. The number of hydrogen-bond acceptors (Lipinski definition) is 4. The highest BCUT2D eigenvalue weighted by Gasteiger charge is 2.20. The van der Waals surface area contributed by atoms with E-state index in [2.05, 4.69) is 111 Å². The summed E-state index contributed by atoms with van der Waals surface area (Å²) in [4.78, 5) is 22.6. The average molecular weight is 712 g/mol. The van der Waals surface area contributed by atoms with Crippen molar-refractivity contribution in [2.45, 2.75) is 34.1 Å². The van der Waals surface area contributed by atoms with Gasteiger partial charge in [0.2, 0.25) is 17.5 Å². The van der Waals surface area contributed by atoms with Crippen LogP contribution in [-0.2, 0) is 20.5 Å². The molecule has 0 spiro atoms. The van der Waals surface area contributed by atoms with Crippen LogP contribution in [0.4, 0.5) is 5.69 Å². The van der Waals surface area contributed by atoms with Crippen LogP contribution < -0.4 is 9.13 Å². The maximum Gasteiger partial charge on any atom is 0.304 e. The monoisotopic (exact) mass is 712 g/mol. The maximum absolute atomic E-state index is 4.21. The summed E-state index contributed by atoms with van der Waals surface area (Å²) in [6.07, 6.45) is 10.4. The molecule has 0 saturated heterocycles. The lowest BCUT2D eigenvalue weighted by atomic mass is 10.0. The molecule has 6 rings (SSSR count). The SMILES string of the molecule is Cc1ccc2c(c1C)CC=[N+]2C.Cc1ncc2c(n1)[nH]c[n+]2C.Cc1ncnc2c1[nH]c[n+]2C.II. The molecule has 4 aromatic heterocycles. The second kappa shape index (κ2) is 12.6. The number of fused-ring (bicyclic) bond motifs is 3. The number of hydrogen-bond donors (Lipinski definition) is 2. The Bertz CT molecular complexity index is 1520. The fraction of sp³-hybridized carbons (Fsp3) is 0.320. The Morgan fingerprint density at radius 2 is 1.61 bits per heavy atom. The van der Waals surface area contributed by atoms with Crippen LogP contribution >= 0.6 is 37.2 Å². The van der Waals surface area contributed by atoms with Gasteiger partial charge in [0.25, 0.3) is 5.65 Å². The minimum atomic E-state index is 0.792. The number of rotatable bonds is 0. The molecule has 36 heavy (non-hydrogen) atoms. The number of aromatic amines is 2. The summed E-state index contributed by atoms with van der Waals surface area (Å²) in [5.41, 5.74) is 10.6. The van der Waals surface area contributed by atoms with E-state index in [1.54, 1.807) is 6.33 Å². The van der Waals surface area contributed by atoms with Crippen molar-refractivity contribution in [3.8, 4) is 0 Å². The first-order valence-corrected chi connectivity index (χ1v) is 17.6. The van der Waals surface area contributed by atoms with E-state index < -0.39 is 0 Å². The van der Waals surface area contributed by atoms with Crippen LogP contribution in [0.3, 0.4) is 0 Å². The Morgan fingerprint density at radius 1 is 0.889 bits per heavy atom.